The third kappa shape index (κ3) is 3.82. The van der Waals surface area contributed by atoms with Crippen LogP contribution in [0.25, 0.3) is 27.5 Å². The second-order valence-corrected chi connectivity index (χ2v) is 8.37. The summed E-state index contributed by atoms with van der Waals surface area (Å²) < 4.78 is 1.76. The Bertz CT molecular complexity index is 1600. The fourth-order valence-electron chi connectivity index (χ4n) is 4.58. The molecule has 0 fully saturated rings. The molecule has 3 N–H and O–H groups in total. The van der Waals surface area contributed by atoms with Gasteiger partial charge >= 0.3 is 0 Å². The number of aromatic nitrogens is 4. The number of para-hydroxylation sites is 1. The number of carbonyl (C=O) groups excluding carboxylic acids is 1. The zero-order valence-corrected chi connectivity index (χ0v) is 19.8. The molecule has 0 spiro atoms. The Balaban J connectivity index is 1.70. The van der Waals surface area contributed by atoms with Crippen LogP contribution in [0.4, 0.5) is 5.82 Å². The molecule has 176 valence electrons. The number of aryl methyl sites for hydroxylation is 1. The van der Waals surface area contributed by atoms with Gasteiger partial charge in [-0.15, -0.1) is 0 Å². The monoisotopic (exact) mass is 466 g/mol. The molecular weight excluding hydrogens is 440 g/mol. The molecule has 1 atom stereocenters. The highest BCUT2D eigenvalue weighted by atomic mass is 16.1. The second kappa shape index (κ2) is 9.06. The van der Waals surface area contributed by atoms with Crippen molar-refractivity contribution in [1.29, 1.82) is 0 Å². The predicted octanol–water partition coefficient (Wildman–Crippen LogP) is 4.36. The number of benzene rings is 2. The number of amides is 1. The van der Waals surface area contributed by atoms with Crippen LogP contribution in [-0.4, -0.2) is 32.5 Å². The van der Waals surface area contributed by atoms with E-state index in [4.69, 9.17) is 0 Å². The van der Waals surface area contributed by atoms with E-state index in [0.717, 1.165) is 34.1 Å². The molecular formula is C27H26N6O2. The summed E-state index contributed by atoms with van der Waals surface area (Å²) in [7, 11) is 1.58. The molecule has 0 aliphatic rings. The van der Waals surface area contributed by atoms with Gasteiger partial charge in [0, 0.05) is 24.6 Å². The van der Waals surface area contributed by atoms with Gasteiger partial charge < -0.3 is 15.6 Å². The van der Waals surface area contributed by atoms with Crippen molar-refractivity contribution < 1.29 is 4.79 Å². The van der Waals surface area contributed by atoms with E-state index in [2.05, 4.69) is 38.6 Å². The first-order valence-electron chi connectivity index (χ1n) is 11.6. The van der Waals surface area contributed by atoms with Crippen LogP contribution in [0.5, 0.6) is 0 Å². The molecule has 5 rings (SSSR count). The van der Waals surface area contributed by atoms with E-state index in [-0.39, 0.29) is 17.5 Å². The highest BCUT2D eigenvalue weighted by Gasteiger charge is 2.21. The minimum absolute atomic E-state index is 0.0599. The number of fused-ring (bicyclic) bond motifs is 2. The Hall–Kier alpha value is -4.46. The molecule has 3 aromatic heterocycles. The summed E-state index contributed by atoms with van der Waals surface area (Å²) in [4.78, 5) is 38.0. The average molecular weight is 467 g/mol. The van der Waals surface area contributed by atoms with Crippen molar-refractivity contribution in [2.75, 3.05) is 12.4 Å². The summed E-state index contributed by atoms with van der Waals surface area (Å²) in [6, 6.07) is 17.3. The van der Waals surface area contributed by atoms with E-state index < -0.39 is 0 Å². The first-order chi connectivity index (χ1) is 17.0. The van der Waals surface area contributed by atoms with Crippen molar-refractivity contribution in [3.8, 4) is 5.69 Å². The van der Waals surface area contributed by atoms with Crippen molar-refractivity contribution in [2.24, 2.45) is 0 Å². The lowest BCUT2D eigenvalue weighted by Crippen LogP contribution is -2.26. The molecule has 0 saturated carbocycles. The molecule has 0 saturated heterocycles. The van der Waals surface area contributed by atoms with E-state index >= 15 is 0 Å². The van der Waals surface area contributed by atoms with Crippen molar-refractivity contribution in [1.82, 2.24) is 24.8 Å². The summed E-state index contributed by atoms with van der Waals surface area (Å²) >= 11 is 0. The zero-order chi connectivity index (χ0) is 24.5. The number of nitrogens with zero attached hydrogens (tertiary/aromatic N) is 3. The summed E-state index contributed by atoms with van der Waals surface area (Å²) in [5.74, 6) is 0.276. The Labute approximate surface area is 202 Å². The van der Waals surface area contributed by atoms with Crippen LogP contribution < -0.4 is 16.2 Å². The van der Waals surface area contributed by atoms with Crippen LogP contribution >= 0.6 is 0 Å². The van der Waals surface area contributed by atoms with Crippen LogP contribution in [0, 0.1) is 0 Å². The van der Waals surface area contributed by atoms with Crippen LogP contribution in [0.1, 0.15) is 41.5 Å². The number of carbonyl (C=O) groups is 1. The fraction of sp³-hybridized carbons (Fsp3) is 0.185. The van der Waals surface area contributed by atoms with E-state index in [1.54, 1.807) is 17.8 Å². The van der Waals surface area contributed by atoms with Gasteiger partial charge in [0.25, 0.3) is 11.5 Å². The largest absolute Gasteiger partial charge is 0.361 e. The Morgan fingerprint density at radius 3 is 2.63 bits per heavy atom. The van der Waals surface area contributed by atoms with Gasteiger partial charge in [-0.3, -0.25) is 14.2 Å². The molecule has 3 heterocycles. The van der Waals surface area contributed by atoms with Crippen LogP contribution in [0.2, 0.25) is 0 Å². The lowest BCUT2D eigenvalue weighted by atomic mass is 10.0. The summed E-state index contributed by atoms with van der Waals surface area (Å²) in [5, 5.41) is 8.30. The standard InChI is InChI=1S/C27H26N6O2/c1-4-17-9-8-10-18-13-21(33(27(35)22(17)18)19-11-6-5-7-12-19)16(2)32-25-23-20(26(34)28-3)14-29-24(23)30-15-31-25/h5-16H,4H2,1-3H3,(H,28,34)(H2,29,30,31,32)/t16-/m0/s1. The SMILES string of the molecule is CCc1cccc2cc([C@H](C)Nc3ncnc4[nH]cc(C(=O)NC)c34)n(-c3ccccc3)c(=O)c12. The topological polar surface area (TPSA) is 105 Å². The maximum Gasteiger partial charge on any atom is 0.263 e. The zero-order valence-electron chi connectivity index (χ0n) is 19.8. The summed E-state index contributed by atoms with van der Waals surface area (Å²) in [5.41, 5.74) is 3.53. The van der Waals surface area contributed by atoms with Gasteiger partial charge in [-0.05, 0) is 42.5 Å². The molecule has 0 radical (unpaired) electrons. The smallest absolute Gasteiger partial charge is 0.263 e. The lowest BCUT2D eigenvalue weighted by Gasteiger charge is -2.22. The van der Waals surface area contributed by atoms with Crippen LogP contribution in [0.3, 0.4) is 0 Å². The van der Waals surface area contributed by atoms with Gasteiger partial charge in [0.1, 0.15) is 17.8 Å². The molecule has 0 unspecified atom stereocenters. The minimum Gasteiger partial charge on any atom is -0.361 e. The molecule has 0 aliphatic heterocycles. The number of nitrogens with one attached hydrogen (secondary N) is 3. The Morgan fingerprint density at radius 2 is 1.89 bits per heavy atom. The highest BCUT2D eigenvalue weighted by Crippen LogP contribution is 2.29. The van der Waals surface area contributed by atoms with Crippen LogP contribution in [0.15, 0.2) is 71.9 Å². The number of anilines is 1. The molecule has 8 nitrogen and oxygen atoms in total. The molecule has 0 bridgehead atoms. The van der Waals surface area contributed by atoms with Crippen LogP contribution in [-0.2, 0) is 6.42 Å². The Kier molecular flexibility index (Phi) is 5.78. The first kappa shape index (κ1) is 22.3. The van der Waals surface area contributed by atoms with E-state index in [1.165, 1.54) is 6.33 Å². The van der Waals surface area contributed by atoms with E-state index in [9.17, 15) is 9.59 Å². The maximum atomic E-state index is 13.9. The van der Waals surface area contributed by atoms with Gasteiger partial charge in [-0.2, -0.15) is 0 Å². The highest BCUT2D eigenvalue weighted by molar-refractivity contribution is 6.09. The third-order valence-corrected chi connectivity index (χ3v) is 6.30. The molecule has 35 heavy (non-hydrogen) atoms. The van der Waals surface area contributed by atoms with E-state index in [1.807, 2.05) is 55.5 Å². The number of hydrogen-bond donors (Lipinski definition) is 3. The van der Waals surface area contributed by atoms with E-state index in [0.29, 0.717) is 22.4 Å². The first-order valence-corrected chi connectivity index (χ1v) is 11.6. The van der Waals surface area contributed by atoms with Crippen molar-refractivity contribution in [3.05, 3.63) is 94.3 Å². The number of aromatic amines is 1. The third-order valence-electron chi connectivity index (χ3n) is 6.30. The number of rotatable bonds is 6. The Morgan fingerprint density at radius 1 is 1.09 bits per heavy atom. The van der Waals surface area contributed by atoms with Crippen molar-refractivity contribution in [2.45, 2.75) is 26.3 Å². The van der Waals surface area contributed by atoms with Crippen molar-refractivity contribution in [3.63, 3.8) is 0 Å². The fourth-order valence-corrected chi connectivity index (χ4v) is 4.58. The van der Waals surface area contributed by atoms with Gasteiger partial charge in [-0.25, -0.2) is 9.97 Å². The molecule has 0 aliphatic carbocycles. The second-order valence-electron chi connectivity index (χ2n) is 8.37. The average Bonchev–Trinajstić information content (AvgIpc) is 3.33. The molecule has 1 amide bonds. The summed E-state index contributed by atoms with van der Waals surface area (Å²) in [6.07, 6.45) is 3.83. The number of H-pyrrole nitrogens is 1. The van der Waals surface area contributed by atoms with Gasteiger partial charge in [0.2, 0.25) is 0 Å². The predicted molar refractivity (Wildman–Crippen MR) is 138 cm³/mol. The number of hydrogen-bond acceptors (Lipinski definition) is 5. The molecule has 2 aromatic carbocycles. The minimum atomic E-state index is -0.317. The van der Waals surface area contributed by atoms with Gasteiger partial charge in [-0.1, -0.05) is 43.3 Å². The van der Waals surface area contributed by atoms with Gasteiger partial charge in [0.05, 0.1) is 22.4 Å². The lowest BCUT2D eigenvalue weighted by molar-refractivity contribution is 0.0964. The normalized spacial score (nSPS) is 12.1. The quantitative estimate of drug-likeness (QED) is 0.345. The molecule has 5 aromatic rings. The molecule has 8 heteroatoms. The summed E-state index contributed by atoms with van der Waals surface area (Å²) in [6.45, 7) is 4.03. The van der Waals surface area contributed by atoms with Crippen molar-refractivity contribution >= 4 is 33.5 Å². The number of pyridine rings is 1. The maximum absolute atomic E-state index is 13.9. The van der Waals surface area contributed by atoms with Gasteiger partial charge in [0.15, 0.2) is 0 Å².